The molecule has 25 heavy (non-hydrogen) atoms. The molecule has 3 aromatic rings. The monoisotopic (exact) mass is 350 g/mol. The van der Waals surface area contributed by atoms with Gasteiger partial charge in [0.05, 0.1) is 5.02 Å². The van der Waals surface area contributed by atoms with Gasteiger partial charge in [-0.3, -0.25) is 0 Å². The molecule has 3 aromatic carbocycles. The van der Waals surface area contributed by atoms with E-state index in [4.69, 9.17) is 11.6 Å². The molecule has 2 N–H and O–H groups in total. The topological polar surface area (TPSA) is 44.6 Å². The molecular weight excluding hydrogens is 332 g/mol. The van der Waals surface area contributed by atoms with E-state index in [1.165, 1.54) is 5.56 Å². The van der Waals surface area contributed by atoms with Gasteiger partial charge in [0.25, 0.3) is 0 Å². The van der Waals surface area contributed by atoms with E-state index < -0.39 is 0 Å². The number of hydrogen-bond donors (Lipinski definition) is 2. The molecule has 0 heterocycles. The van der Waals surface area contributed by atoms with Crippen molar-refractivity contribution in [1.82, 2.24) is 0 Å². The number of nitrogens with one attached hydrogen (secondary N) is 1. The van der Waals surface area contributed by atoms with Gasteiger partial charge in [0.1, 0.15) is 5.71 Å². The van der Waals surface area contributed by atoms with Crippen molar-refractivity contribution in [2.75, 3.05) is 5.32 Å². The van der Waals surface area contributed by atoms with Gasteiger partial charge in [-0.05, 0) is 55.3 Å². The van der Waals surface area contributed by atoms with E-state index in [-0.39, 0.29) is 0 Å². The molecule has 0 bridgehead atoms. The van der Waals surface area contributed by atoms with Crippen LogP contribution in [0.3, 0.4) is 0 Å². The van der Waals surface area contributed by atoms with Gasteiger partial charge in [0.15, 0.2) is 0 Å². The van der Waals surface area contributed by atoms with Gasteiger partial charge in [-0.15, -0.1) is 0 Å². The first-order valence-corrected chi connectivity index (χ1v) is 8.38. The van der Waals surface area contributed by atoms with E-state index in [1.54, 1.807) is 0 Å². The highest BCUT2D eigenvalue weighted by molar-refractivity contribution is 6.35. The first-order valence-electron chi connectivity index (χ1n) is 8.00. The van der Waals surface area contributed by atoms with E-state index in [1.807, 2.05) is 74.5 Å². The number of nitrogens with zero attached hydrogens (tertiary/aromatic N) is 1. The number of anilines is 2. The minimum absolute atomic E-state index is 0.463. The minimum atomic E-state index is 0.463. The Hall–Kier alpha value is -2.78. The fraction of sp³-hybridized carbons (Fsp3) is 0.0952. The van der Waals surface area contributed by atoms with Gasteiger partial charge in [0.2, 0.25) is 0 Å². The van der Waals surface area contributed by atoms with Crippen LogP contribution in [0.5, 0.6) is 0 Å². The Labute approximate surface area is 152 Å². The lowest BCUT2D eigenvalue weighted by Crippen LogP contribution is -2.06. The summed E-state index contributed by atoms with van der Waals surface area (Å²) in [6.45, 7) is 4.02. The van der Waals surface area contributed by atoms with Crippen molar-refractivity contribution in [3.63, 3.8) is 0 Å². The molecule has 0 aromatic heterocycles. The Kier molecular flexibility index (Phi) is 5.05. The number of oxime groups is 1. The van der Waals surface area contributed by atoms with E-state index in [0.29, 0.717) is 16.3 Å². The normalized spacial score (nSPS) is 11.4. The molecule has 0 aliphatic rings. The molecule has 0 aliphatic carbocycles. The summed E-state index contributed by atoms with van der Waals surface area (Å²) in [5.41, 5.74) is 6.08. The molecule has 0 saturated carbocycles. The molecule has 0 fully saturated rings. The predicted octanol–water partition coefficient (Wildman–Crippen LogP) is 5.93. The number of halogens is 1. The Morgan fingerprint density at radius 3 is 2.32 bits per heavy atom. The van der Waals surface area contributed by atoms with Crippen LogP contribution in [-0.4, -0.2) is 10.9 Å². The Bertz CT molecular complexity index is 935. The zero-order chi connectivity index (χ0) is 17.8. The highest BCUT2D eigenvalue weighted by atomic mass is 35.5. The quantitative estimate of drug-likeness (QED) is 0.348. The Balaban J connectivity index is 1.93. The number of hydrogen-bond acceptors (Lipinski definition) is 3. The molecule has 0 aliphatic heterocycles. The smallest absolute Gasteiger partial charge is 0.118 e. The van der Waals surface area contributed by atoms with Crippen LogP contribution in [0.2, 0.25) is 5.02 Å². The van der Waals surface area contributed by atoms with Crippen LogP contribution in [-0.2, 0) is 0 Å². The predicted molar refractivity (Wildman–Crippen MR) is 105 cm³/mol. The van der Waals surface area contributed by atoms with E-state index in [9.17, 15) is 5.21 Å². The fourth-order valence-corrected chi connectivity index (χ4v) is 3.04. The lowest BCUT2D eigenvalue weighted by Gasteiger charge is -2.12. The number of aryl methyl sites for hydroxylation is 2. The van der Waals surface area contributed by atoms with E-state index >= 15 is 0 Å². The summed E-state index contributed by atoms with van der Waals surface area (Å²) in [6, 6.07) is 21.5. The maximum atomic E-state index is 9.53. The van der Waals surface area contributed by atoms with Gasteiger partial charge in [0, 0.05) is 22.5 Å². The van der Waals surface area contributed by atoms with Crippen LogP contribution in [0, 0.1) is 13.8 Å². The largest absolute Gasteiger partial charge is 0.410 e. The van der Waals surface area contributed by atoms with Gasteiger partial charge in [-0.2, -0.15) is 0 Å². The lowest BCUT2D eigenvalue weighted by molar-refractivity contribution is 0.319. The number of rotatable bonds is 4. The highest BCUT2D eigenvalue weighted by Crippen LogP contribution is 2.27. The zero-order valence-electron chi connectivity index (χ0n) is 14.1. The SMILES string of the molecule is Cc1cccc(Nc2ccc(/C(=N\O)c3ccccc3C)c(Cl)c2)c1. The molecule has 3 nitrogen and oxygen atoms in total. The van der Waals surface area contributed by atoms with Crippen molar-refractivity contribution in [2.24, 2.45) is 5.16 Å². The summed E-state index contributed by atoms with van der Waals surface area (Å²) in [7, 11) is 0. The second kappa shape index (κ2) is 7.41. The minimum Gasteiger partial charge on any atom is -0.410 e. The molecule has 0 spiro atoms. The van der Waals surface area contributed by atoms with Crippen molar-refractivity contribution in [2.45, 2.75) is 13.8 Å². The molecule has 0 amide bonds. The summed E-state index contributed by atoms with van der Waals surface area (Å²) in [6.07, 6.45) is 0. The van der Waals surface area contributed by atoms with Gasteiger partial charge >= 0.3 is 0 Å². The summed E-state index contributed by atoms with van der Waals surface area (Å²) in [4.78, 5) is 0. The first-order chi connectivity index (χ1) is 12.1. The standard InChI is InChI=1S/C21H19ClN2O/c1-14-6-5-8-16(12-14)23-17-10-11-19(20(22)13-17)21(24-25)18-9-4-3-7-15(18)2/h3-13,23,25H,1-2H3/b24-21-. The first kappa shape index (κ1) is 17.1. The van der Waals surface area contributed by atoms with E-state index in [2.05, 4.69) is 16.5 Å². The Morgan fingerprint density at radius 2 is 1.64 bits per heavy atom. The fourth-order valence-electron chi connectivity index (χ4n) is 2.77. The van der Waals surface area contributed by atoms with Crippen molar-refractivity contribution < 1.29 is 5.21 Å². The average Bonchev–Trinajstić information content (AvgIpc) is 2.59. The highest BCUT2D eigenvalue weighted by Gasteiger charge is 2.14. The molecule has 0 radical (unpaired) electrons. The number of benzene rings is 3. The second-order valence-electron chi connectivity index (χ2n) is 5.95. The summed E-state index contributed by atoms with van der Waals surface area (Å²) >= 11 is 6.47. The van der Waals surface area contributed by atoms with Crippen molar-refractivity contribution in [3.8, 4) is 0 Å². The van der Waals surface area contributed by atoms with Gasteiger partial charge in [-0.1, -0.05) is 53.2 Å². The van der Waals surface area contributed by atoms with Crippen LogP contribution in [0.15, 0.2) is 71.9 Å². The molecule has 3 rings (SSSR count). The maximum Gasteiger partial charge on any atom is 0.118 e. The Morgan fingerprint density at radius 1 is 0.880 bits per heavy atom. The molecule has 4 heteroatoms. The lowest BCUT2D eigenvalue weighted by atomic mass is 9.98. The second-order valence-corrected chi connectivity index (χ2v) is 6.36. The molecule has 126 valence electrons. The molecule has 0 unspecified atom stereocenters. The van der Waals surface area contributed by atoms with Crippen LogP contribution in [0.1, 0.15) is 22.3 Å². The summed E-state index contributed by atoms with van der Waals surface area (Å²) < 4.78 is 0. The zero-order valence-corrected chi connectivity index (χ0v) is 14.9. The van der Waals surface area contributed by atoms with E-state index in [0.717, 1.165) is 22.5 Å². The van der Waals surface area contributed by atoms with Crippen molar-refractivity contribution in [1.29, 1.82) is 0 Å². The third-order valence-corrected chi connectivity index (χ3v) is 4.34. The molecule has 0 atom stereocenters. The van der Waals surface area contributed by atoms with Gasteiger partial charge < -0.3 is 10.5 Å². The van der Waals surface area contributed by atoms with Crippen molar-refractivity contribution in [3.05, 3.63) is 94.0 Å². The van der Waals surface area contributed by atoms with Gasteiger partial charge in [-0.25, -0.2) is 0 Å². The van der Waals surface area contributed by atoms with Crippen molar-refractivity contribution >= 4 is 28.7 Å². The molecular formula is C21H19ClN2O. The van der Waals surface area contributed by atoms with Crippen LogP contribution >= 0.6 is 11.6 Å². The van der Waals surface area contributed by atoms with Crippen LogP contribution in [0.4, 0.5) is 11.4 Å². The summed E-state index contributed by atoms with van der Waals surface area (Å²) in [5.74, 6) is 0. The molecule has 0 saturated heterocycles. The average molecular weight is 351 g/mol. The van der Waals surface area contributed by atoms with Crippen LogP contribution in [0.25, 0.3) is 0 Å². The summed E-state index contributed by atoms with van der Waals surface area (Å²) in [5, 5.41) is 16.9. The third kappa shape index (κ3) is 3.83. The maximum absolute atomic E-state index is 9.53. The van der Waals surface area contributed by atoms with Crippen LogP contribution < -0.4 is 5.32 Å². The third-order valence-electron chi connectivity index (χ3n) is 4.03.